The number of nitrogens with one attached hydrogen (secondary N) is 1. The molecule has 4 heteroatoms. The second kappa shape index (κ2) is 5.94. The maximum atomic E-state index is 12.2. The highest BCUT2D eigenvalue weighted by Crippen LogP contribution is 2.29. The largest absolute Gasteiger partial charge is 0.352 e. The average Bonchev–Trinajstić information content (AvgIpc) is 3.33. The van der Waals surface area contributed by atoms with Gasteiger partial charge in [0.15, 0.2) is 0 Å². The highest BCUT2D eigenvalue weighted by molar-refractivity contribution is 5.83. The van der Waals surface area contributed by atoms with Crippen LogP contribution < -0.4 is 11.1 Å². The number of nitrogens with two attached hydrogens (primary N) is 1. The Balaban J connectivity index is 1.49. The highest BCUT2D eigenvalue weighted by atomic mass is 16.2. The van der Waals surface area contributed by atoms with E-state index >= 15 is 0 Å². The number of nitrogens with zero attached hydrogens (tertiary/aromatic N) is 1. The Kier molecular flexibility index (Phi) is 4.03. The lowest BCUT2D eigenvalue weighted by Crippen LogP contribution is -2.47. The van der Waals surface area contributed by atoms with Gasteiger partial charge in [-0.15, -0.1) is 0 Å². The van der Waals surface area contributed by atoms with Crippen molar-refractivity contribution >= 4 is 5.91 Å². The van der Waals surface area contributed by atoms with Crippen molar-refractivity contribution in [1.29, 1.82) is 0 Å². The molecule has 1 aliphatic heterocycles. The summed E-state index contributed by atoms with van der Waals surface area (Å²) < 4.78 is 0. The van der Waals surface area contributed by atoms with Crippen LogP contribution in [0.4, 0.5) is 0 Å². The van der Waals surface area contributed by atoms with Gasteiger partial charge in [-0.2, -0.15) is 0 Å². The molecule has 108 valence electrons. The van der Waals surface area contributed by atoms with Gasteiger partial charge in [-0.3, -0.25) is 4.79 Å². The third-order valence-corrected chi connectivity index (χ3v) is 4.38. The lowest BCUT2D eigenvalue weighted by molar-refractivity contribution is -0.123. The number of hydrogen-bond donors (Lipinski definition) is 2. The van der Waals surface area contributed by atoms with Gasteiger partial charge in [0.1, 0.15) is 6.04 Å². The molecule has 1 aromatic carbocycles. The van der Waals surface area contributed by atoms with E-state index in [9.17, 15) is 4.79 Å². The molecule has 1 amide bonds. The number of carbonyl (C=O) groups excluding carboxylic acids is 1. The van der Waals surface area contributed by atoms with Gasteiger partial charge in [0.05, 0.1) is 0 Å². The monoisotopic (exact) mass is 273 g/mol. The van der Waals surface area contributed by atoms with Crippen LogP contribution in [0.5, 0.6) is 0 Å². The second-order valence-corrected chi connectivity index (χ2v) is 5.94. The van der Waals surface area contributed by atoms with Gasteiger partial charge in [0.2, 0.25) is 5.91 Å². The van der Waals surface area contributed by atoms with E-state index in [1.165, 1.54) is 12.8 Å². The van der Waals surface area contributed by atoms with Gasteiger partial charge in [0, 0.05) is 25.2 Å². The number of rotatable bonds is 4. The van der Waals surface area contributed by atoms with E-state index in [2.05, 4.69) is 10.2 Å². The first-order chi connectivity index (χ1) is 9.74. The summed E-state index contributed by atoms with van der Waals surface area (Å²) in [5.74, 6) is -0.0546. The number of benzene rings is 1. The number of likely N-dealkylation sites (tertiary alicyclic amines) is 1. The van der Waals surface area contributed by atoms with Crippen molar-refractivity contribution in [2.75, 3.05) is 13.1 Å². The molecular weight excluding hydrogens is 250 g/mol. The van der Waals surface area contributed by atoms with E-state index in [1.807, 2.05) is 30.3 Å². The summed E-state index contributed by atoms with van der Waals surface area (Å²) in [5, 5.41) is 3.11. The Labute approximate surface area is 120 Å². The van der Waals surface area contributed by atoms with Gasteiger partial charge in [-0.1, -0.05) is 30.3 Å². The van der Waals surface area contributed by atoms with Crippen LogP contribution in [-0.4, -0.2) is 36.0 Å². The first-order valence-electron chi connectivity index (χ1n) is 7.59. The van der Waals surface area contributed by atoms with Crippen molar-refractivity contribution in [3.8, 4) is 0 Å². The molecule has 1 atom stereocenters. The second-order valence-electron chi connectivity index (χ2n) is 5.94. The van der Waals surface area contributed by atoms with Crippen LogP contribution in [0.1, 0.15) is 37.3 Å². The minimum absolute atomic E-state index is 0.0546. The fourth-order valence-electron chi connectivity index (χ4n) is 2.95. The first-order valence-corrected chi connectivity index (χ1v) is 7.59. The van der Waals surface area contributed by atoms with Gasteiger partial charge in [-0.05, 0) is 31.2 Å². The number of piperidine rings is 1. The topological polar surface area (TPSA) is 58.4 Å². The Morgan fingerprint density at radius 2 is 1.80 bits per heavy atom. The van der Waals surface area contributed by atoms with E-state index in [1.54, 1.807) is 0 Å². The summed E-state index contributed by atoms with van der Waals surface area (Å²) in [7, 11) is 0. The van der Waals surface area contributed by atoms with Crippen molar-refractivity contribution < 1.29 is 4.79 Å². The lowest BCUT2D eigenvalue weighted by atomic mass is 10.0. The maximum absolute atomic E-state index is 12.2. The van der Waals surface area contributed by atoms with Gasteiger partial charge >= 0.3 is 0 Å². The van der Waals surface area contributed by atoms with Crippen LogP contribution in [0, 0.1) is 0 Å². The molecule has 0 unspecified atom stereocenters. The van der Waals surface area contributed by atoms with E-state index in [0.29, 0.717) is 0 Å². The Hall–Kier alpha value is -1.39. The molecule has 1 heterocycles. The smallest absolute Gasteiger partial charge is 0.241 e. The molecule has 3 N–H and O–H groups in total. The van der Waals surface area contributed by atoms with Gasteiger partial charge in [-0.25, -0.2) is 0 Å². The fraction of sp³-hybridized carbons (Fsp3) is 0.562. The SMILES string of the molecule is N[C@@H](C(=O)NC1CCN(C2CC2)CC1)c1ccccc1. The van der Waals surface area contributed by atoms with Gasteiger partial charge < -0.3 is 16.0 Å². The summed E-state index contributed by atoms with van der Waals surface area (Å²) in [6.45, 7) is 2.21. The van der Waals surface area contributed by atoms with Crippen LogP contribution in [0.15, 0.2) is 30.3 Å². The van der Waals surface area contributed by atoms with Crippen molar-refractivity contribution in [3.05, 3.63) is 35.9 Å². The van der Waals surface area contributed by atoms with E-state index in [4.69, 9.17) is 5.73 Å². The van der Waals surface area contributed by atoms with Crippen molar-refractivity contribution in [2.45, 2.75) is 43.8 Å². The van der Waals surface area contributed by atoms with Crippen molar-refractivity contribution in [3.63, 3.8) is 0 Å². The molecule has 2 aliphatic rings. The first kappa shape index (κ1) is 13.6. The van der Waals surface area contributed by atoms with Crippen LogP contribution in [-0.2, 0) is 4.79 Å². The van der Waals surface area contributed by atoms with Crippen LogP contribution in [0.2, 0.25) is 0 Å². The molecule has 2 fully saturated rings. The highest BCUT2D eigenvalue weighted by Gasteiger charge is 2.32. The van der Waals surface area contributed by atoms with E-state index in [-0.39, 0.29) is 11.9 Å². The summed E-state index contributed by atoms with van der Waals surface area (Å²) in [5.41, 5.74) is 6.89. The van der Waals surface area contributed by atoms with Crippen molar-refractivity contribution in [2.24, 2.45) is 5.73 Å². The summed E-state index contributed by atoms with van der Waals surface area (Å²) in [6, 6.07) is 10.1. The zero-order valence-corrected chi connectivity index (χ0v) is 11.8. The molecule has 0 aromatic heterocycles. The van der Waals surface area contributed by atoms with Crippen LogP contribution >= 0.6 is 0 Å². The fourth-order valence-corrected chi connectivity index (χ4v) is 2.95. The summed E-state index contributed by atoms with van der Waals surface area (Å²) in [4.78, 5) is 14.7. The van der Waals surface area contributed by atoms with Crippen LogP contribution in [0.25, 0.3) is 0 Å². The molecule has 0 bridgehead atoms. The molecule has 3 rings (SSSR count). The molecule has 1 aliphatic carbocycles. The molecule has 4 nitrogen and oxygen atoms in total. The van der Waals surface area contributed by atoms with Crippen LogP contribution in [0.3, 0.4) is 0 Å². The summed E-state index contributed by atoms with van der Waals surface area (Å²) >= 11 is 0. The minimum Gasteiger partial charge on any atom is -0.352 e. The Morgan fingerprint density at radius 3 is 2.40 bits per heavy atom. The van der Waals surface area contributed by atoms with Gasteiger partial charge in [0.25, 0.3) is 0 Å². The maximum Gasteiger partial charge on any atom is 0.241 e. The lowest BCUT2D eigenvalue weighted by Gasteiger charge is -2.32. The number of carbonyl (C=O) groups is 1. The Bertz CT molecular complexity index is 450. The zero-order chi connectivity index (χ0) is 13.9. The standard InChI is InChI=1S/C16H23N3O/c17-15(12-4-2-1-3-5-12)16(20)18-13-8-10-19(11-9-13)14-6-7-14/h1-5,13-15H,6-11,17H2,(H,18,20)/t15-/m1/s1. The molecule has 1 aromatic rings. The van der Waals surface area contributed by atoms with E-state index < -0.39 is 6.04 Å². The normalized spacial score (nSPS) is 22.4. The molecular formula is C16H23N3O. The number of hydrogen-bond acceptors (Lipinski definition) is 3. The third kappa shape index (κ3) is 3.19. The number of amides is 1. The molecule has 1 saturated heterocycles. The molecule has 0 spiro atoms. The predicted octanol–water partition coefficient (Wildman–Crippen LogP) is 1.43. The summed E-state index contributed by atoms with van der Waals surface area (Å²) in [6.07, 6.45) is 4.80. The zero-order valence-electron chi connectivity index (χ0n) is 11.8. The molecule has 0 radical (unpaired) electrons. The molecule has 1 saturated carbocycles. The van der Waals surface area contributed by atoms with Crippen molar-refractivity contribution in [1.82, 2.24) is 10.2 Å². The minimum atomic E-state index is -0.558. The third-order valence-electron chi connectivity index (χ3n) is 4.38. The molecule has 20 heavy (non-hydrogen) atoms. The quantitative estimate of drug-likeness (QED) is 0.872. The average molecular weight is 273 g/mol. The van der Waals surface area contributed by atoms with E-state index in [0.717, 1.165) is 37.5 Å². The Morgan fingerprint density at radius 1 is 1.15 bits per heavy atom. The predicted molar refractivity (Wildman–Crippen MR) is 79.1 cm³/mol.